The number of hydrogen-bond acceptors (Lipinski definition) is 19. The Balaban J connectivity index is 0.000000135. The molecule has 6 fully saturated rings. The van der Waals surface area contributed by atoms with Gasteiger partial charge in [-0.3, -0.25) is 19.6 Å². The molecule has 14 rings (SSSR count). The SMILES string of the molecule is COC(=O)c1ccc(CBr)c(Br)c1.COC(=O)c1ccc(CCC2(CO)CC2)c(Br)c1.COC(=O)c1ccc2c(c1)OCC1(CC1)N(C(=O)C1CCOCC1)C2.COC(=O)c1ccc2c(c1)OCC1(CC1)NC2.O=C(NO)c1ccc2c(c1)OCC1(CC1)N(C(=O)C1CCOCC1)C2. The molecule has 25 heteroatoms. The second kappa shape index (κ2) is 33.0. The number of hydrogen-bond donors (Lipinski definition) is 4. The molecule has 4 aliphatic carbocycles. The minimum Gasteiger partial charge on any atom is -0.491 e. The number of fused-ring (bicyclic) bond motifs is 3. The fraction of sp³-hybridized carbons (Fsp3) is 0.493. The first-order valence-corrected chi connectivity index (χ1v) is 35.8. The summed E-state index contributed by atoms with van der Waals surface area (Å²) >= 11 is 10.2. The van der Waals surface area contributed by atoms with Gasteiger partial charge in [0.05, 0.1) is 80.4 Å². The normalized spacial score (nSPS) is 18.9. The van der Waals surface area contributed by atoms with Crippen LogP contribution in [0, 0.1) is 17.3 Å². The average molecular weight is 1550 g/mol. The van der Waals surface area contributed by atoms with E-state index in [2.05, 4.69) is 62.6 Å². The highest BCUT2D eigenvalue weighted by Crippen LogP contribution is 2.50. The van der Waals surface area contributed by atoms with Crippen molar-refractivity contribution in [1.29, 1.82) is 0 Å². The lowest BCUT2D eigenvalue weighted by molar-refractivity contribution is -0.143. The first kappa shape index (κ1) is 73.7. The van der Waals surface area contributed by atoms with Crippen molar-refractivity contribution in [2.24, 2.45) is 17.3 Å². The van der Waals surface area contributed by atoms with Gasteiger partial charge in [-0.2, -0.15) is 0 Å². The molecule has 0 unspecified atom stereocenters. The lowest BCUT2D eigenvalue weighted by Crippen LogP contribution is -2.47. The van der Waals surface area contributed by atoms with Crippen LogP contribution in [0.1, 0.15) is 163 Å². The molecule has 22 nitrogen and oxygen atoms in total. The van der Waals surface area contributed by atoms with Crippen LogP contribution >= 0.6 is 47.8 Å². The highest BCUT2D eigenvalue weighted by atomic mass is 79.9. The van der Waals surface area contributed by atoms with Crippen molar-refractivity contribution in [2.45, 2.75) is 131 Å². The molecule has 0 bridgehead atoms. The molecule has 4 N–H and O–H groups in total. The maximum Gasteiger partial charge on any atom is 0.337 e. The number of carbonyl (C=O) groups is 7. The number of carbonyl (C=O) groups excluding carboxylic acids is 7. The number of benzene rings is 5. The molecule has 0 atom stereocenters. The summed E-state index contributed by atoms with van der Waals surface area (Å²) in [6.45, 7) is 6.33. The van der Waals surface area contributed by atoms with E-state index >= 15 is 0 Å². The Morgan fingerprint density at radius 3 is 1.33 bits per heavy atom. The van der Waals surface area contributed by atoms with Gasteiger partial charge in [-0.1, -0.05) is 78.1 Å². The number of nitrogens with zero attached hydrogens (tertiary/aromatic N) is 2. The van der Waals surface area contributed by atoms with E-state index in [1.54, 1.807) is 72.2 Å². The molecule has 2 saturated heterocycles. The minimum absolute atomic E-state index is 0.0206. The van der Waals surface area contributed by atoms with Crippen LogP contribution < -0.4 is 25.0 Å². The molecular formula is C73H85Br3N4O18. The lowest BCUT2D eigenvalue weighted by Gasteiger charge is -2.34. The largest absolute Gasteiger partial charge is 0.491 e. The van der Waals surface area contributed by atoms with Crippen LogP contribution in [-0.2, 0) is 69.4 Å². The maximum atomic E-state index is 13.1. The van der Waals surface area contributed by atoms with Gasteiger partial charge in [0.1, 0.15) is 37.1 Å². The number of amides is 3. The number of halogens is 3. The number of aliphatic hydroxyl groups excluding tert-OH is 1. The highest BCUT2D eigenvalue weighted by Gasteiger charge is 2.55. The second-order valence-electron chi connectivity index (χ2n) is 26.3. The van der Waals surface area contributed by atoms with Crippen molar-refractivity contribution in [3.8, 4) is 17.2 Å². The zero-order valence-corrected chi connectivity index (χ0v) is 60.4. The molecule has 0 radical (unpaired) electrons. The molecule has 5 heterocycles. The van der Waals surface area contributed by atoms with Crippen LogP contribution in [0.4, 0.5) is 0 Å². The van der Waals surface area contributed by atoms with E-state index < -0.39 is 5.91 Å². The summed E-state index contributed by atoms with van der Waals surface area (Å²) in [6, 6.07) is 26.7. The van der Waals surface area contributed by atoms with E-state index in [9.17, 15) is 38.7 Å². The van der Waals surface area contributed by atoms with Crippen molar-refractivity contribution in [2.75, 3.05) is 81.3 Å². The molecule has 5 aromatic rings. The van der Waals surface area contributed by atoms with Crippen molar-refractivity contribution < 1.29 is 86.5 Å². The number of esters is 4. The molecule has 5 aliphatic heterocycles. The summed E-state index contributed by atoms with van der Waals surface area (Å²) in [5.74, 6) is 0.625. The Morgan fingerprint density at radius 2 is 0.929 bits per heavy atom. The monoisotopic (exact) mass is 1540 g/mol. The number of hydroxylamine groups is 1. The van der Waals surface area contributed by atoms with Gasteiger partial charge in [-0.25, -0.2) is 24.7 Å². The fourth-order valence-corrected chi connectivity index (χ4v) is 14.4. The van der Waals surface area contributed by atoms with Crippen LogP contribution in [-0.4, -0.2) is 160 Å². The van der Waals surface area contributed by atoms with Crippen molar-refractivity contribution in [3.63, 3.8) is 0 Å². The van der Waals surface area contributed by atoms with Gasteiger partial charge < -0.3 is 62.9 Å². The number of ether oxygens (including phenoxy) is 9. The predicted octanol–water partition coefficient (Wildman–Crippen LogP) is 11.2. The van der Waals surface area contributed by atoms with E-state index in [4.69, 9.17) is 38.4 Å². The summed E-state index contributed by atoms with van der Waals surface area (Å²) in [4.78, 5) is 87.5. The topological polar surface area (TPSA) is 274 Å². The highest BCUT2D eigenvalue weighted by molar-refractivity contribution is 9.11. The summed E-state index contributed by atoms with van der Waals surface area (Å²) in [7, 11) is 5.49. The molecule has 0 aromatic heterocycles. The van der Waals surface area contributed by atoms with E-state index in [0.29, 0.717) is 98.7 Å². The number of alkyl halides is 1. The van der Waals surface area contributed by atoms with Crippen LogP contribution in [0.2, 0.25) is 0 Å². The lowest BCUT2D eigenvalue weighted by atomic mass is 9.97. The average Bonchev–Trinajstić information content (AvgIpc) is 1.60. The zero-order valence-electron chi connectivity index (χ0n) is 55.7. The van der Waals surface area contributed by atoms with E-state index in [1.165, 1.54) is 46.8 Å². The number of rotatable bonds is 12. The van der Waals surface area contributed by atoms with Crippen LogP contribution in [0.5, 0.6) is 17.2 Å². The first-order chi connectivity index (χ1) is 47.3. The molecule has 5 aromatic carbocycles. The van der Waals surface area contributed by atoms with Crippen LogP contribution in [0.3, 0.4) is 0 Å². The molecule has 98 heavy (non-hydrogen) atoms. The van der Waals surface area contributed by atoms with Crippen LogP contribution in [0.15, 0.2) is 99.9 Å². The third kappa shape index (κ3) is 18.1. The van der Waals surface area contributed by atoms with Gasteiger partial charge in [0.15, 0.2) is 0 Å². The van der Waals surface area contributed by atoms with Gasteiger partial charge in [-0.05, 0) is 167 Å². The summed E-state index contributed by atoms with van der Waals surface area (Å²) in [5, 5.41) is 22.3. The molecule has 526 valence electrons. The molecular weight excluding hydrogens is 1460 g/mol. The minimum atomic E-state index is -0.577. The molecule has 3 amide bonds. The fourth-order valence-electron chi connectivity index (χ4n) is 12.5. The van der Waals surface area contributed by atoms with E-state index in [0.717, 1.165) is 126 Å². The van der Waals surface area contributed by atoms with Crippen molar-refractivity contribution >= 4 is 89.4 Å². The molecule has 3 spiro atoms. The Hall–Kier alpha value is -6.97. The Morgan fingerprint density at radius 1 is 0.531 bits per heavy atom. The predicted molar refractivity (Wildman–Crippen MR) is 369 cm³/mol. The maximum absolute atomic E-state index is 13.1. The summed E-state index contributed by atoms with van der Waals surface area (Å²) in [6.07, 6.45) is 13.5. The summed E-state index contributed by atoms with van der Waals surface area (Å²) in [5.41, 5.74) is 9.23. The third-order valence-corrected chi connectivity index (χ3v) is 21.9. The van der Waals surface area contributed by atoms with Gasteiger partial charge in [0.25, 0.3) is 5.91 Å². The Labute approximate surface area is 595 Å². The van der Waals surface area contributed by atoms with E-state index in [1.807, 2.05) is 34.1 Å². The Kier molecular flexibility index (Phi) is 24.8. The quantitative estimate of drug-likeness (QED) is 0.0297. The Bertz CT molecular complexity index is 3610. The number of nitrogens with one attached hydrogen (secondary N) is 2. The molecule has 9 aliphatic rings. The summed E-state index contributed by atoms with van der Waals surface area (Å²) < 4.78 is 49.1. The molecule has 4 saturated carbocycles. The van der Waals surface area contributed by atoms with E-state index in [-0.39, 0.29) is 76.2 Å². The van der Waals surface area contributed by atoms with Crippen molar-refractivity contribution in [1.82, 2.24) is 20.6 Å². The van der Waals surface area contributed by atoms with Gasteiger partial charge in [0, 0.05) is 87.9 Å². The van der Waals surface area contributed by atoms with Gasteiger partial charge in [0.2, 0.25) is 11.8 Å². The number of aryl methyl sites for hydroxylation is 1. The smallest absolute Gasteiger partial charge is 0.337 e. The standard InChI is InChI=1S/C19H23NO5.C18H22N2O5.C14H17BrO3.C13H15NO3.C9H8Br2O2/c1-23-18(22)14-2-3-15-11-20(17(21)13-4-8-24-9-5-13)19(6-7-19)12-25-16(15)10-14;21-16(19-23)13-1-2-14-10-20(17(22)12-3-7-24-8-4-12)18(5-6-18)11-25-15(14)9-13;1-18-13(17)11-3-2-10(12(15)8-11)4-5-14(9-16)6-7-14;1-16-12(15)9-2-3-10-7-14-13(4-5-13)8-17-11(10)6-9;1-13-9(12)6-2-3-7(5-10)8(11)4-6/h2-3,10,13H,4-9,11-12H2,1H3;1-2,9,12,23H,3-8,10-11H2,(H,19,21);2-3,8,16H,4-7,9H2,1H3;2-3,6,14H,4-5,7-8H2,1H3;2-4H,5H2,1H3. The van der Waals surface area contributed by atoms with Gasteiger partial charge in [-0.15, -0.1) is 0 Å². The third-order valence-electron chi connectivity index (χ3n) is 19.9. The van der Waals surface area contributed by atoms with Gasteiger partial charge >= 0.3 is 23.9 Å². The second-order valence-corrected chi connectivity index (χ2v) is 28.6. The number of aliphatic hydroxyl groups is 1. The number of methoxy groups -OCH3 is 4. The van der Waals surface area contributed by atoms with Crippen LogP contribution in [0.25, 0.3) is 0 Å². The zero-order chi connectivity index (χ0) is 69.8. The first-order valence-electron chi connectivity index (χ1n) is 33.1. The van der Waals surface area contributed by atoms with Crippen molar-refractivity contribution in [3.05, 3.63) is 156 Å².